The lowest BCUT2D eigenvalue weighted by atomic mass is 10.1. The number of benzene rings is 1. The zero-order valence-corrected chi connectivity index (χ0v) is 12.8. The fourth-order valence-electron chi connectivity index (χ4n) is 1.95. The maximum Gasteiger partial charge on any atom is 0.243 e. The highest BCUT2D eigenvalue weighted by Crippen LogP contribution is 2.12. The van der Waals surface area contributed by atoms with Gasteiger partial charge in [0, 0.05) is 17.7 Å². The molecule has 0 saturated carbocycles. The first-order valence-corrected chi connectivity index (χ1v) is 8.35. The van der Waals surface area contributed by atoms with Crippen molar-refractivity contribution >= 4 is 21.5 Å². The van der Waals surface area contributed by atoms with E-state index in [1.54, 1.807) is 24.3 Å². The van der Waals surface area contributed by atoms with Crippen molar-refractivity contribution in [2.45, 2.75) is 13.0 Å². The standard InChI is InChI=1S/C14H17N3O3S/c1-16-9-10-17(11-16)8-7-14(18)12-3-5-13(6-4-12)15-21(2,19)20/h3-6,9-11H,7-8H2,1-2H3/p+1. The van der Waals surface area contributed by atoms with Crippen LogP contribution in [0.2, 0.25) is 0 Å². The number of aryl methyl sites for hydroxylation is 2. The van der Waals surface area contributed by atoms with Crippen LogP contribution in [0.25, 0.3) is 0 Å². The predicted molar refractivity (Wildman–Crippen MR) is 79.5 cm³/mol. The lowest BCUT2D eigenvalue weighted by Crippen LogP contribution is -2.23. The third kappa shape index (κ3) is 4.71. The highest BCUT2D eigenvalue weighted by molar-refractivity contribution is 7.92. The number of aromatic nitrogens is 2. The number of ketones is 1. The number of hydrogen-bond donors (Lipinski definition) is 1. The monoisotopic (exact) mass is 308 g/mol. The second-order valence-electron chi connectivity index (χ2n) is 4.94. The Morgan fingerprint density at radius 2 is 1.95 bits per heavy atom. The van der Waals surface area contributed by atoms with Crippen LogP contribution in [0.15, 0.2) is 43.0 Å². The summed E-state index contributed by atoms with van der Waals surface area (Å²) in [7, 11) is -1.37. The van der Waals surface area contributed by atoms with Crippen LogP contribution in [-0.2, 0) is 23.6 Å². The number of nitrogens with one attached hydrogen (secondary N) is 1. The fourth-order valence-corrected chi connectivity index (χ4v) is 2.51. The van der Waals surface area contributed by atoms with E-state index in [-0.39, 0.29) is 5.78 Å². The molecule has 0 spiro atoms. The topological polar surface area (TPSA) is 72.0 Å². The van der Waals surface area contributed by atoms with E-state index in [4.69, 9.17) is 0 Å². The van der Waals surface area contributed by atoms with Crippen LogP contribution in [0.4, 0.5) is 5.69 Å². The number of anilines is 1. The van der Waals surface area contributed by atoms with Crippen LogP contribution in [0.3, 0.4) is 0 Å². The molecule has 21 heavy (non-hydrogen) atoms. The van der Waals surface area contributed by atoms with Gasteiger partial charge in [0.1, 0.15) is 12.4 Å². The lowest BCUT2D eigenvalue weighted by Gasteiger charge is -2.04. The first-order valence-electron chi connectivity index (χ1n) is 6.45. The van der Waals surface area contributed by atoms with Crippen LogP contribution in [0.5, 0.6) is 0 Å². The smallest absolute Gasteiger partial charge is 0.243 e. The summed E-state index contributed by atoms with van der Waals surface area (Å²) >= 11 is 0. The maximum absolute atomic E-state index is 12.1. The molecule has 0 aliphatic heterocycles. The Kier molecular flexibility index (Phi) is 4.42. The van der Waals surface area contributed by atoms with Gasteiger partial charge >= 0.3 is 0 Å². The Morgan fingerprint density at radius 3 is 2.48 bits per heavy atom. The van der Waals surface area contributed by atoms with E-state index in [9.17, 15) is 13.2 Å². The minimum Gasteiger partial charge on any atom is -0.294 e. The van der Waals surface area contributed by atoms with Crippen molar-refractivity contribution in [3.8, 4) is 0 Å². The Bertz CT molecular complexity index is 733. The summed E-state index contributed by atoms with van der Waals surface area (Å²) in [5.41, 5.74) is 1.03. The van der Waals surface area contributed by atoms with Gasteiger partial charge in [-0.05, 0) is 24.3 Å². The van der Waals surface area contributed by atoms with E-state index in [2.05, 4.69) is 4.72 Å². The van der Waals surface area contributed by atoms with E-state index in [1.165, 1.54) is 0 Å². The molecule has 0 fully saturated rings. The Balaban J connectivity index is 1.96. The van der Waals surface area contributed by atoms with Gasteiger partial charge in [-0.25, -0.2) is 17.6 Å². The van der Waals surface area contributed by atoms with E-state index < -0.39 is 10.0 Å². The maximum atomic E-state index is 12.1. The van der Waals surface area contributed by atoms with Crippen molar-refractivity contribution in [1.82, 2.24) is 4.57 Å². The quantitative estimate of drug-likeness (QED) is 0.638. The molecule has 0 aliphatic carbocycles. The van der Waals surface area contributed by atoms with Gasteiger partial charge < -0.3 is 0 Å². The molecule has 0 saturated heterocycles. The van der Waals surface area contributed by atoms with Gasteiger partial charge in [-0.2, -0.15) is 0 Å². The van der Waals surface area contributed by atoms with Crippen molar-refractivity contribution in [2.24, 2.45) is 7.05 Å². The van der Waals surface area contributed by atoms with Crippen LogP contribution in [0, 0.1) is 0 Å². The SMILES string of the molecule is C[n+]1ccn(CCC(=O)c2ccc(NS(C)(=O)=O)cc2)c1. The summed E-state index contributed by atoms with van der Waals surface area (Å²) in [6.07, 6.45) is 7.21. The molecule has 2 aromatic rings. The highest BCUT2D eigenvalue weighted by atomic mass is 32.2. The molecule has 2 rings (SSSR count). The molecule has 0 unspecified atom stereocenters. The summed E-state index contributed by atoms with van der Waals surface area (Å²) in [4.78, 5) is 12.1. The summed E-state index contributed by atoms with van der Waals surface area (Å²) in [5.74, 6) is 0.0252. The summed E-state index contributed by atoms with van der Waals surface area (Å²) in [5, 5.41) is 0. The van der Waals surface area contributed by atoms with Crippen molar-refractivity contribution in [3.05, 3.63) is 48.5 Å². The average Bonchev–Trinajstić information content (AvgIpc) is 2.81. The van der Waals surface area contributed by atoms with Gasteiger partial charge in [0.25, 0.3) is 0 Å². The van der Waals surface area contributed by atoms with E-state index in [0.717, 1.165) is 6.26 Å². The average molecular weight is 308 g/mol. The van der Waals surface area contributed by atoms with Crippen LogP contribution in [0.1, 0.15) is 16.8 Å². The second-order valence-corrected chi connectivity index (χ2v) is 6.69. The minimum atomic E-state index is -3.29. The number of Topliss-reactive ketones (excluding diaryl/α,β-unsaturated/α-hetero) is 1. The van der Waals surface area contributed by atoms with E-state index in [1.807, 2.05) is 34.9 Å². The predicted octanol–water partition coefficient (Wildman–Crippen LogP) is 0.957. The van der Waals surface area contributed by atoms with Crippen molar-refractivity contribution in [2.75, 3.05) is 11.0 Å². The summed E-state index contributed by atoms with van der Waals surface area (Å²) in [6, 6.07) is 6.44. The molecule has 1 aromatic carbocycles. The lowest BCUT2D eigenvalue weighted by molar-refractivity contribution is -0.671. The van der Waals surface area contributed by atoms with Gasteiger partial charge in [0.05, 0.1) is 19.8 Å². The molecule has 1 heterocycles. The van der Waals surface area contributed by atoms with Gasteiger partial charge in [-0.1, -0.05) is 0 Å². The van der Waals surface area contributed by atoms with Gasteiger partial charge in [0.2, 0.25) is 16.4 Å². The normalized spacial score (nSPS) is 11.3. The summed E-state index contributed by atoms with van der Waals surface area (Å²) in [6.45, 7) is 0.614. The van der Waals surface area contributed by atoms with E-state index in [0.29, 0.717) is 24.2 Å². The number of sulfonamides is 1. The zero-order valence-electron chi connectivity index (χ0n) is 12.0. The number of imidazole rings is 1. The molecule has 0 aliphatic rings. The highest BCUT2D eigenvalue weighted by Gasteiger charge is 2.09. The van der Waals surface area contributed by atoms with Crippen LogP contribution < -0.4 is 9.29 Å². The van der Waals surface area contributed by atoms with Gasteiger partial charge in [-0.15, -0.1) is 0 Å². The summed E-state index contributed by atoms with van der Waals surface area (Å²) < 4.78 is 28.4. The van der Waals surface area contributed by atoms with E-state index >= 15 is 0 Å². The molecule has 1 aromatic heterocycles. The Hall–Kier alpha value is -2.15. The molecule has 0 atom stereocenters. The largest absolute Gasteiger partial charge is 0.294 e. The van der Waals surface area contributed by atoms with Crippen molar-refractivity contribution < 1.29 is 17.8 Å². The molecule has 0 radical (unpaired) electrons. The first kappa shape index (κ1) is 15.2. The number of hydrogen-bond acceptors (Lipinski definition) is 3. The molecule has 112 valence electrons. The zero-order chi connectivity index (χ0) is 15.5. The molecule has 0 bridgehead atoms. The number of carbonyl (C=O) groups excluding carboxylic acids is 1. The number of carbonyl (C=O) groups is 1. The van der Waals surface area contributed by atoms with Gasteiger partial charge in [-0.3, -0.25) is 9.52 Å². The van der Waals surface area contributed by atoms with Crippen LogP contribution in [-0.4, -0.2) is 25.0 Å². The van der Waals surface area contributed by atoms with Crippen molar-refractivity contribution in [3.63, 3.8) is 0 Å². The Labute approximate surface area is 124 Å². The molecule has 0 amide bonds. The third-order valence-corrected chi connectivity index (χ3v) is 3.54. The number of rotatable bonds is 6. The van der Waals surface area contributed by atoms with Gasteiger partial charge in [0.15, 0.2) is 5.78 Å². The Morgan fingerprint density at radius 1 is 1.29 bits per heavy atom. The fraction of sp³-hybridized carbons (Fsp3) is 0.286. The third-order valence-electron chi connectivity index (χ3n) is 2.93. The number of nitrogens with zero attached hydrogens (tertiary/aromatic N) is 2. The molecule has 6 nitrogen and oxygen atoms in total. The van der Waals surface area contributed by atoms with Crippen molar-refractivity contribution in [1.29, 1.82) is 0 Å². The molecular formula is C14H18N3O3S+. The van der Waals surface area contributed by atoms with Crippen LogP contribution >= 0.6 is 0 Å². The molecule has 7 heteroatoms. The first-order chi connectivity index (χ1) is 9.83. The molecule has 1 N–H and O–H groups in total. The minimum absolute atomic E-state index is 0.0252. The molecular weight excluding hydrogens is 290 g/mol. The second kappa shape index (κ2) is 6.09.